The van der Waals surface area contributed by atoms with Crippen molar-refractivity contribution in [2.75, 3.05) is 31.1 Å². The zero-order chi connectivity index (χ0) is 19.2. The predicted molar refractivity (Wildman–Crippen MR) is 110 cm³/mol. The molecular weight excluding hydrogens is 381 g/mol. The van der Waals surface area contributed by atoms with Gasteiger partial charge < -0.3 is 9.80 Å². The fourth-order valence-electron chi connectivity index (χ4n) is 3.07. The number of amides is 1. The Morgan fingerprint density at radius 3 is 2.37 bits per heavy atom. The van der Waals surface area contributed by atoms with Gasteiger partial charge in [0.1, 0.15) is 0 Å². The summed E-state index contributed by atoms with van der Waals surface area (Å²) in [7, 11) is 0. The monoisotopic (exact) mass is 399 g/mol. The summed E-state index contributed by atoms with van der Waals surface area (Å²) in [5.41, 5.74) is 2.37. The van der Waals surface area contributed by atoms with Crippen LogP contribution in [0.3, 0.4) is 0 Å². The molecule has 0 unspecified atom stereocenters. The van der Waals surface area contributed by atoms with Gasteiger partial charge in [0, 0.05) is 53.6 Å². The maximum absolute atomic E-state index is 12.6. The number of carbonyl (C=O) groups excluding carboxylic acids is 1. The van der Waals surface area contributed by atoms with Crippen molar-refractivity contribution in [2.45, 2.75) is 6.42 Å². The summed E-state index contributed by atoms with van der Waals surface area (Å²) in [5, 5.41) is 9.96. The molecule has 2 aromatic rings. The molecule has 1 aliphatic rings. The fraction of sp³-hybridized carbons (Fsp3) is 0.238. The molecule has 0 saturated carbocycles. The first-order valence-electron chi connectivity index (χ1n) is 8.74. The zero-order valence-electron chi connectivity index (χ0n) is 14.7. The second-order valence-corrected chi connectivity index (χ2v) is 7.11. The van der Waals surface area contributed by atoms with Gasteiger partial charge in [-0.1, -0.05) is 29.3 Å². The number of hydrogen-bond acceptors (Lipinski definition) is 3. The third-order valence-electron chi connectivity index (χ3n) is 4.56. The summed E-state index contributed by atoms with van der Waals surface area (Å²) in [6.45, 7) is 2.96. The highest BCUT2D eigenvalue weighted by Gasteiger charge is 2.18. The van der Waals surface area contributed by atoms with E-state index >= 15 is 0 Å². The highest BCUT2D eigenvalue weighted by molar-refractivity contribution is 6.37. The number of nitrogens with zero attached hydrogens (tertiary/aromatic N) is 3. The van der Waals surface area contributed by atoms with Crippen LogP contribution in [0.1, 0.15) is 17.5 Å². The molecule has 1 fully saturated rings. The standard InChI is InChI=1S/C21H19Cl2N3O/c22-19-3-1-4-20(23)18(19)9-10-21(27)26-12-2-11-25(13-14-26)17-7-5-16(15-24)6-8-17/h1,3-10H,2,11-14H2/b10-9+. The molecule has 0 bridgehead atoms. The van der Waals surface area contributed by atoms with Crippen molar-refractivity contribution in [2.24, 2.45) is 0 Å². The van der Waals surface area contributed by atoms with Gasteiger partial charge >= 0.3 is 0 Å². The van der Waals surface area contributed by atoms with Gasteiger partial charge in [-0.15, -0.1) is 0 Å². The van der Waals surface area contributed by atoms with Crippen molar-refractivity contribution >= 4 is 40.9 Å². The molecule has 1 aliphatic heterocycles. The van der Waals surface area contributed by atoms with Crippen molar-refractivity contribution in [3.05, 3.63) is 69.7 Å². The van der Waals surface area contributed by atoms with Gasteiger partial charge in [-0.3, -0.25) is 4.79 Å². The average Bonchev–Trinajstić information content (AvgIpc) is 2.94. The van der Waals surface area contributed by atoms with Crippen molar-refractivity contribution in [1.29, 1.82) is 5.26 Å². The molecule has 4 nitrogen and oxygen atoms in total. The predicted octanol–water partition coefficient (Wildman–Crippen LogP) is 4.62. The molecule has 138 valence electrons. The first-order valence-corrected chi connectivity index (χ1v) is 9.50. The number of halogens is 2. The van der Waals surface area contributed by atoms with Crippen LogP contribution in [0, 0.1) is 11.3 Å². The maximum Gasteiger partial charge on any atom is 0.246 e. The molecule has 0 spiro atoms. The summed E-state index contributed by atoms with van der Waals surface area (Å²) < 4.78 is 0. The lowest BCUT2D eigenvalue weighted by Crippen LogP contribution is -2.34. The lowest BCUT2D eigenvalue weighted by atomic mass is 10.2. The molecule has 0 atom stereocenters. The third kappa shape index (κ3) is 4.82. The maximum atomic E-state index is 12.6. The Morgan fingerprint density at radius 1 is 1.00 bits per heavy atom. The van der Waals surface area contributed by atoms with Crippen molar-refractivity contribution in [3.8, 4) is 6.07 Å². The minimum atomic E-state index is -0.0485. The van der Waals surface area contributed by atoms with Gasteiger partial charge in [-0.2, -0.15) is 5.26 Å². The largest absolute Gasteiger partial charge is 0.370 e. The van der Waals surface area contributed by atoms with E-state index in [1.165, 1.54) is 6.08 Å². The molecule has 27 heavy (non-hydrogen) atoms. The number of anilines is 1. The average molecular weight is 400 g/mol. The highest BCUT2D eigenvalue weighted by Crippen LogP contribution is 2.25. The Morgan fingerprint density at radius 2 is 1.70 bits per heavy atom. The van der Waals surface area contributed by atoms with E-state index in [9.17, 15) is 4.79 Å². The third-order valence-corrected chi connectivity index (χ3v) is 5.22. The molecule has 2 aromatic carbocycles. The number of rotatable bonds is 3. The molecular formula is C21H19Cl2N3O. The summed E-state index contributed by atoms with van der Waals surface area (Å²) in [6.07, 6.45) is 4.09. The van der Waals surface area contributed by atoms with Gasteiger partial charge in [0.25, 0.3) is 0 Å². The van der Waals surface area contributed by atoms with Crippen LogP contribution in [0.5, 0.6) is 0 Å². The Labute approximate surface area is 169 Å². The van der Waals surface area contributed by atoms with E-state index in [1.807, 2.05) is 29.2 Å². The Balaban J connectivity index is 1.64. The van der Waals surface area contributed by atoms with E-state index in [4.69, 9.17) is 28.5 Å². The molecule has 1 saturated heterocycles. The smallest absolute Gasteiger partial charge is 0.246 e. The van der Waals surface area contributed by atoms with Gasteiger partial charge in [-0.25, -0.2) is 0 Å². The SMILES string of the molecule is N#Cc1ccc(N2CCCN(C(=O)/C=C/c3c(Cl)cccc3Cl)CC2)cc1. The normalized spacial score (nSPS) is 14.9. The molecule has 0 aliphatic carbocycles. The summed E-state index contributed by atoms with van der Waals surface area (Å²) >= 11 is 12.3. The van der Waals surface area contributed by atoms with E-state index in [-0.39, 0.29) is 5.91 Å². The van der Waals surface area contributed by atoms with Gasteiger partial charge in [0.05, 0.1) is 11.6 Å². The minimum Gasteiger partial charge on any atom is -0.370 e. The Hall–Kier alpha value is -2.48. The van der Waals surface area contributed by atoms with Gasteiger partial charge in [-0.05, 0) is 48.9 Å². The van der Waals surface area contributed by atoms with E-state index in [0.717, 1.165) is 25.2 Å². The molecule has 0 N–H and O–H groups in total. The molecule has 1 amide bonds. The van der Waals surface area contributed by atoms with Crippen LogP contribution in [0.25, 0.3) is 6.08 Å². The van der Waals surface area contributed by atoms with Crippen LogP contribution in [0.15, 0.2) is 48.5 Å². The van der Waals surface area contributed by atoms with Crippen LogP contribution >= 0.6 is 23.2 Å². The minimum absolute atomic E-state index is 0.0485. The van der Waals surface area contributed by atoms with E-state index < -0.39 is 0 Å². The Kier molecular flexibility index (Phi) is 6.39. The second-order valence-electron chi connectivity index (χ2n) is 6.29. The summed E-state index contributed by atoms with van der Waals surface area (Å²) in [6, 6.07) is 14.9. The fourth-order valence-corrected chi connectivity index (χ4v) is 3.60. The molecule has 0 aromatic heterocycles. The quantitative estimate of drug-likeness (QED) is 0.707. The first kappa shape index (κ1) is 19.3. The van der Waals surface area contributed by atoms with Crippen LogP contribution in [-0.4, -0.2) is 37.0 Å². The number of carbonyl (C=O) groups is 1. The Bertz CT molecular complexity index is 867. The van der Waals surface area contributed by atoms with Crippen molar-refractivity contribution < 1.29 is 4.79 Å². The number of hydrogen-bond donors (Lipinski definition) is 0. The van der Waals surface area contributed by atoms with Gasteiger partial charge in [0.15, 0.2) is 0 Å². The van der Waals surface area contributed by atoms with Crippen molar-refractivity contribution in [1.82, 2.24) is 4.90 Å². The lowest BCUT2D eigenvalue weighted by Gasteiger charge is -2.23. The molecule has 1 heterocycles. The summed E-state index contributed by atoms with van der Waals surface area (Å²) in [5.74, 6) is -0.0485. The van der Waals surface area contributed by atoms with E-state index in [2.05, 4.69) is 11.0 Å². The topological polar surface area (TPSA) is 47.3 Å². The molecule has 0 radical (unpaired) electrons. The van der Waals surface area contributed by atoms with Crippen LogP contribution in [0.2, 0.25) is 10.0 Å². The van der Waals surface area contributed by atoms with Crippen LogP contribution < -0.4 is 4.90 Å². The summed E-state index contributed by atoms with van der Waals surface area (Å²) in [4.78, 5) is 16.6. The lowest BCUT2D eigenvalue weighted by molar-refractivity contribution is -0.125. The molecule has 3 rings (SSSR count). The number of nitriles is 1. The molecule has 6 heteroatoms. The van der Waals surface area contributed by atoms with Crippen LogP contribution in [0.4, 0.5) is 5.69 Å². The second kappa shape index (κ2) is 8.94. The highest BCUT2D eigenvalue weighted by atomic mass is 35.5. The van der Waals surface area contributed by atoms with E-state index in [1.54, 1.807) is 24.3 Å². The number of benzene rings is 2. The van der Waals surface area contributed by atoms with Crippen molar-refractivity contribution in [3.63, 3.8) is 0 Å². The van der Waals surface area contributed by atoms with Gasteiger partial charge in [0.2, 0.25) is 5.91 Å². The van der Waals surface area contributed by atoms with Crippen LogP contribution in [-0.2, 0) is 4.79 Å². The zero-order valence-corrected chi connectivity index (χ0v) is 16.2. The van der Waals surface area contributed by atoms with E-state index in [0.29, 0.717) is 34.3 Å². The first-order chi connectivity index (χ1) is 13.1.